The first kappa shape index (κ1) is 17.2. The monoisotopic (exact) mass is 353 g/mol. The second-order valence-electron chi connectivity index (χ2n) is 7.48. The van der Waals surface area contributed by atoms with E-state index in [1.165, 1.54) is 24.8 Å². The van der Waals surface area contributed by atoms with Gasteiger partial charge in [-0.15, -0.1) is 0 Å². The lowest BCUT2D eigenvalue weighted by molar-refractivity contribution is 0.198. The van der Waals surface area contributed by atoms with E-state index in [1.807, 2.05) is 18.5 Å². The summed E-state index contributed by atoms with van der Waals surface area (Å²) in [6.07, 6.45) is 9.60. The minimum Gasteiger partial charge on any atom is -0.342 e. The Hall–Kier alpha value is -2.21. The molecule has 2 aromatic rings. The molecule has 138 valence electrons. The van der Waals surface area contributed by atoms with E-state index < -0.39 is 0 Å². The van der Waals surface area contributed by atoms with Gasteiger partial charge in [0.25, 0.3) is 5.56 Å². The van der Waals surface area contributed by atoms with E-state index >= 15 is 0 Å². The molecule has 1 atom stereocenters. The predicted molar refractivity (Wildman–Crippen MR) is 102 cm³/mol. The summed E-state index contributed by atoms with van der Waals surface area (Å²) in [5, 5.41) is 0. The van der Waals surface area contributed by atoms with E-state index in [0.717, 1.165) is 57.2 Å². The van der Waals surface area contributed by atoms with Crippen LogP contribution in [0.3, 0.4) is 0 Å². The van der Waals surface area contributed by atoms with E-state index in [2.05, 4.69) is 25.8 Å². The molecule has 2 aromatic heterocycles. The lowest BCUT2D eigenvalue weighted by atomic mass is 9.94. The molecule has 1 N–H and O–H groups in total. The second-order valence-corrected chi connectivity index (χ2v) is 7.48. The topological polar surface area (TPSA) is 65.1 Å². The second kappa shape index (κ2) is 7.99. The van der Waals surface area contributed by atoms with Crippen molar-refractivity contribution in [2.24, 2.45) is 0 Å². The summed E-state index contributed by atoms with van der Waals surface area (Å²) >= 11 is 0. The van der Waals surface area contributed by atoms with Gasteiger partial charge in [-0.2, -0.15) is 0 Å². The van der Waals surface area contributed by atoms with Gasteiger partial charge in [0.1, 0.15) is 0 Å². The van der Waals surface area contributed by atoms with Crippen LogP contribution in [0, 0.1) is 0 Å². The zero-order valence-electron chi connectivity index (χ0n) is 15.2. The molecule has 2 aliphatic rings. The number of aromatic nitrogens is 3. The van der Waals surface area contributed by atoms with Crippen LogP contribution in [0.1, 0.15) is 49.3 Å². The molecule has 2 fully saturated rings. The Morgan fingerprint density at radius 3 is 2.85 bits per heavy atom. The number of hydrogen-bond donors (Lipinski definition) is 1. The molecule has 0 aliphatic carbocycles. The smallest absolute Gasteiger partial charge is 0.252 e. The maximum atomic E-state index is 12.2. The van der Waals surface area contributed by atoms with E-state index in [-0.39, 0.29) is 5.56 Å². The molecule has 4 heterocycles. The number of nitrogens with one attached hydrogen (secondary N) is 1. The Morgan fingerprint density at radius 1 is 1.15 bits per heavy atom. The van der Waals surface area contributed by atoms with Crippen molar-refractivity contribution in [3.05, 3.63) is 52.2 Å². The maximum absolute atomic E-state index is 12.2. The Labute approximate surface area is 154 Å². The standard InChI is InChI=1S/C20H27N5O/c26-19-12-18(22-20(23-19)25-10-2-1-3-11-25)17-7-5-9-24(15-17)14-16-6-4-8-21-13-16/h4,6,8,12-13,17H,1-3,5,7,9-11,14-15H2,(H,22,23,26). The molecule has 0 spiro atoms. The highest BCUT2D eigenvalue weighted by atomic mass is 16.1. The lowest BCUT2D eigenvalue weighted by Gasteiger charge is -2.33. The Morgan fingerprint density at radius 2 is 2.04 bits per heavy atom. The van der Waals surface area contributed by atoms with Gasteiger partial charge < -0.3 is 4.90 Å². The van der Waals surface area contributed by atoms with E-state index in [1.54, 1.807) is 6.07 Å². The lowest BCUT2D eigenvalue weighted by Crippen LogP contribution is -2.36. The zero-order chi connectivity index (χ0) is 17.8. The summed E-state index contributed by atoms with van der Waals surface area (Å²) in [5.74, 6) is 1.09. The number of anilines is 1. The normalized spacial score (nSPS) is 21.7. The highest BCUT2D eigenvalue weighted by molar-refractivity contribution is 5.31. The number of likely N-dealkylation sites (tertiary alicyclic amines) is 1. The molecule has 4 rings (SSSR count). The SMILES string of the molecule is O=c1cc(C2CCCN(Cc3cccnc3)C2)nc(N2CCCCC2)[nH]1. The number of aromatic amines is 1. The van der Waals surface area contributed by atoms with Gasteiger partial charge in [0.05, 0.1) is 5.69 Å². The fraction of sp³-hybridized carbons (Fsp3) is 0.550. The average molecular weight is 353 g/mol. The molecule has 2 saturated heterocycles. The van der Waals surface area contributed by atoms with Crippen LogP contribution in [-0.2, 0) is 6.54 Å². The van der Waals surface area contributed by atoms with Crippen LogP contribution in [0.25, 0.3) is 0 Å². The minimum absolute atomic E-state index is 0.0278. The van der Waals surface area contributed by atoms with Crippen LogP contribution >= 0.6 is 0 Å². The van der Waals surface area contributed by atoms with Crippen LogP contribution in [-0.4, -0.2) is 46.0 Å². The van der Waals surface area contributed by atoms with Gasteiger partial charge in [-0.1, -0.05) is 6.07 Å². The van der Waals surface area contributed by atoms with E-state index in [9.17, 15) is 4.79 Å². The van der Waals surface area contributed by atoms with Crippen LogP contribution < -0.4 is 10.5 Å². The molecular weight excluding hydrogens is 326 g/mol. The summed E-state index contributed by atoms with van der Waals surface area (Å²) < 4.78 is 0. The first-order valence-corrected chi connectivity index (χ1v) is 9.75. The van der Waals surface area contributed by atoms with Crippen molar-refractivity contribution in [3.63, 3.8) is 0 Å². The third kappa shape index (κ3) is 4.12. The average Bonchev–Trinajstić information content (AvgIpc) is 2.69. The van der Waals surface area contributed by atoms with Crippen molar-refractivity contribution >= 4 is 5.95 Å². The molecule has 0 saturated carbocycles. The number of nitrogens with zero attached hydrogens (tertiary/aromatic N) is 4. The van der Waals surface area contributed by atoms with Crippen LogP contribution in [0.15, 0.2) is 35.4 Å². The van der Waals surface area contributed by atoms with Crippen molar-refractivity contribution in [3.8, 4) is 0 Å². The van der Waals surface area contributed by atoms with Crippen molar-refractivity contribution in [1.82, 2.24) is 19.9 Å². The third-order valence-electron chi connectivity index (χ3n) is 5.46. The number of pyridine rings is 1. The number of hydrogen-bond acceptors (Lipinski definition) is 5. The minimum atomic E-state index is -0.0278. The largest absolute Gasteiger partial charge is 0.342 e. The fourth-order valence-corrected chi connectivity index (χ4v) is 4.12. The Bertz CT molecular complexity index is 769. The van der Waals surface area contributed by atoms with E-state index in [0.29, 0.717) is 5.92 Å². The van der Waals surface area contributed by atoms with Crippen LogP contribution in [0.2, 0.25) is 0 Å². The van der Waals surface area contributed by atoms with Gasteiger partial charge in [0.2, 0.25) is 5.95 Å². The molecule has 0 aromatic carbocycles. The molecule has 1 unspecified atom stereocenters. The number of rotatable bonds is 4. The first-order chi connectivity index (χ1) is 12.8. The van der Waals surface area contributed by atoms with Crippen LogP contribution in [0.5, 0.6) is 0 Å². The predicted octanol–water partition coefficient (Wildman–Crippen LogP) is 2.53. The molecule has 0 amide bonds. The Balaban J connectivity index is 1.49. The first-order valence-electron chi connectivity index (χ1n) is 9.75. The third-order valence-corrected chi connectivity index (χ3v) is 5.46. The highest BCUT2D eigenvalue weighted by Gasteiger charge is 2.24. The summed E-state index contributed by atoms with van der Waals surface area (Å²) in [5.41, 5.74) is 2.16. The summed E-state index contributed by atoms with van der Waals surface area (Å²) in [6.45, 7) is 4.93. The van der Waals surface area contributed by atoms with Crippen molar-refractivity contribution in [1.29, 1.82) is 0 Å². The molecule has 6 heteroatoms. The number of piperidine rings is 2. The van der Waals surface area contributed by atoms with Gasteiger partial charge in [-0.3, -0.25) is 19.7 Å². The molecule has 0 radical (unpaired) electrons. The molecule has 0 bridgehead atoms. The van der Waals surface area contributed by atoms with Crippen molar-refractivity contribution in [2.75, 3.05) is 31.1 Å². The number of H-pyrrole nitrogens is 1. The van der Waals surface area contributed by atoms with Gasteiger partial charge in [-0.25, -0.2) is 4.98 Å². The highest BCUT2D eigenvalue weighted by Crippen LogP contribution is 2.27. The van der Waals surface area contributed by atoms with E-state index in [4.69, 9.17) is 4.98 Å². The summed E-state index contributed by atoms with van der Waals surface area (Å²) in [7, 11) is 0. The van der Waals surface area contributed by atoms with Gasteiger partial charge in [0.15, 0.2) is 0 Å². The zero-order valence-corrected chi connectivity index (χ0v) is 15.2. The summed E-state index contributed by atoms with van der Waals surface area (Å²) in [4.78, 5) is 28.9. The van der Waals surface area contributed by atoms with Crippen molar-refractivity contribution < 1.29 is 0 Å². The molecule has 2 aliphatic heterocycles. The van der Waals surface area contributed by atoms with Gasteiger partial charge in [-0.05, 0) is 50.3 Å². The quantitative estimate of drug-likeness (QED) is 0.915. The van der Waals surface area contributed by atoms with Crippen LogP contribution in [0.4, 0.5) is 5.95 Å². The summed E-state index contributed by atoms with van der Waals surface area (Å²) in [6, 6.07) is 5.81. The molecular formula is C20H27N5O. The molecule has 26 heavy (non-hydrogen) atoms. The fourth-order valence-electron chi connectivity index (χ4n) is 4.12. The van der Waals surface area contributed by atoms with Gasteiger partial charge in [0, 0.05) is 50.6 Å². The Kier molecular flexibility index (Phi) is 5.29. The van der Waals surface area contributed by atoms with Gasteiger partial charge >= 0.3 is 0 Å². The molecule has 6 nitrogen and oxygen atoms in total. The maximum Gasteiger partial charge on any atom is 0.252 e. The van der Waals surface area contributed by atoms with Crippen molar-refractivity contribution in [2.45, 2.75) is 44.6 Å².